The molecule has 0 radical (unpaired) electrons. The Morgan fingerprint density at radius 1 is 0.971 bits per heavy atom. The molecule has 1 aliphatic heterocycles. The third-order valence-corrected chi connectivity index (χ3v) is 7.03. The summed E-state index contributed by atoms with van der Waals surface area (Å²) in [6.45, 7) is 4.43. The van der Waals surface area contributed by atoms with Crippen molar-refractivity contribution in [2.45, 2.75) is 20.0 Å². The van der Waals surface area contributed by atoms with Crippen molar-refractivity contribution in [3.63, 3.8) is 0 Å². The fraction of sp³-hybridized carbons (Fsp3) is 0.154. The van der Waals surface area contributed by atoms with E-state index in [0.717, 1.165) is 33.5 Å². The molecule has 1 heterocycles. The van der Waals surface area contributed by atoms with E-state index in [9.17, 15) is 18.0 Å². The van der Waals surface area contributed by atoms with Crippen LogP contribution in [0.1, 0.15) is 23.6 Å². The minimum atomic E-state index is -4.45. The molecular weight excluding hydrogens is 508 g/mol. The molecule has 0 atom stereocenters. The Bertz CT molecular complexity index is 1230. The Morgan fingerprint density at radius 2 is 1.62 bits per heavy atom. The van der Waals surface area contributed by atoms with Crippen LogP contribution in [0.4, 0.5) is 18.9 Å². The number of aryl methyl sites for hydroxylation is 1. The molecule has 0 N–H and O–H groups in total. The fourth-order valence-electron chi connectivity index (χ4n) is 3.29. The number of alkyl halides is 3. The number of amidine groups is 1. The predicted octanol–water partition coefficient (Wildman–Crippen LogP) is 5.19. The molecule has 4 rings (SSSR count). The number of hydrogen-bond donors (Lipinski definition) is 0. The van der Waals surface area contributed by atoms with Crippen LogP contribution in [-0.4, -0.2) is 32.2 Å². The van der Waals surface area contributed by atoms with Crippen molar-refractivity contribution in [2.24, 2.45) is 4.99 Å². The monoisotopic (exact) mass is 530 g/mol. The van der Waals surface area contributed by atoms with Gasteiger partial charge in [-0.15, -0.1) is 0 Å². The molecule has 0 aliphatic carbocycles. The summed E-state index contributed by atoms with van der Waals surface area (Å²) in [5, 5.41) is 0. The number of ether oxygens (including phenoxy) is 1. The third-order valence-electron chi connectivity index (χ3n) is 5.01. The number of halogens is 3. The van der Waals surface area contributed by atoms with Gasteiger partial charge in [0.15, 0.2) is 0 Å². The molecule has 0 saturated heterocycles. The average molecular weight is 529 g/mol. The molecule has 4 nitrogen and oxygen atoms in total. The van der Waals surface area contributed by atoms with Crippen molar-refractivity contribution in [2.75, 3.05) is 11.5 Å². The molecule has 0 fully saturated rings. The maximum absolute atomic E-state index is 13.3. The molecule has 3 aromatic rings. The molecule has 174 valence electrons. The SMILES string of the molecule is CCOc1ccc(/C=C2\N=C([Se]c3ccc(C)cc3)N(c3ccc(C(F)(F)F)cc3)C2=O)cc1. The second-order valence-electron chi connectivity index (χ2n) is 7.53. The van der Waals surface area contributed by atoms with Crippen molar-refractivity contribution in [3.05, 3.63) is 95.2 Å². The van der Waals surface area contributed by atoms with Gasteiger partial charge in [-0.1, -0.05) is 0 Å². The van der Waals surface area contributed by atoms with Gasteiger partial charge < -0.3 is 0 Å². The Labute approximate surface area is 201 Å². The van der Waals surface area contributed by atoms with Crippen LogP contribution in [-0.2, 0) is 11.0 Å². The van der Waals surface area contributed by atoms with Crippen molar-refractivity contribution in [1.82, 2.24) is 0 Å². The van der Waals surface area contributed by atoms with Gasteiger partial charge in [-0.25, -0.2) is 0 Å². The molecule has 8 heteroatoms. The van der Waals surface area contributed by atoms with Crippen LogP contribution in [0.5, 0.6) is 5.75 Å². The van der Waals surface area contributed by atoms with Gasteiger partial charge in [-0.05, 0) is 0 Å². The first-order valence-corrected chi connectivity index (χ1v) is 12.3. The molecule has 0 bridgehead atoms. The Kier molecular flexibility index (Phi) is 6.91. The van der Waals surface area contributed by atoms with Crippen LogP contribution in [0, 0.1) is 6.92 Å². The first-order chi connectivity index (χ1) is 16.2. The molecule has 0 aromatic heterocycles. The summed E-state index contributed by atoms with van der Waals surface area (Å²) in [5.41, 5.74) is 1.69. The first kappa shape index (κ1) is 23.8. The predicted molar refractivity (Wildman–Crippen MR) is 129 cm³/mol. The van der Waals surface area contributed by atoms with Gasteiger partial charge in [-0.2, -0.15) is 0 Å². The van der Waals surface area contributed by atoms with Gasteiger partial charge >= 0.3 is 202 Å². The topological polar surface area (TPSA) is 41.9 Å². The van der Waals surface area contributed by atoms with Gasteiger partial charge in [-0.3, -0.25) is 0 Å². The van der Waals surface area contributed by atoms with Gasteiger partial charge in [0.1, 0.15) is 0 Å². The summed E-state index contributed by atoms with van der Waals surface area (Å²) in [6.07, 6.45) is -2.78. The summed E-state index contributed by atoms with van der Waals surface area (Å²) in [7, 11) is 0. The summed E-state index contributed by atoms with van der Waals surface area (Å²) < 4.78 is 46.1. The number of benzene rings is 3. The molecule has 0 spiro atoms. The zero-order valence-corrected chi connectivity index (χ0v) is 20.2. The van der Waals surface area contributed by atoms with Crippen molar-refractivity contribution in [1.29, 1.82) is 0 Å². The van der Waals surface area contributed by atoms with Crippen LogP contribution >= 0.6 is 0 Å². The van der Waals surface area contributed by atoms with E-state index in [1.54, 1.807) is 6.08 Å². The summed E-state index contributed by atoms with van der Waals surface area (Å²) in [6, 6.07) is 19.7. The number of anilines is 1. The van der Waals surface area contributed by atoms with Gasteiger partial charge in [0.2, 0.25) is 0 Å². The molecule has 1 amide bonds. The molecule has 1 aliphatic rings. The Balaban J connectivity index is 1.69. The second kappa shape index (κ2) is 9.87. The van der Waals surface area contributed by atoms with E-state index < -0.39 is 11.7 Å². The Morgan fingerprint density at radius 3 is 2.21 bits per heavy atom. The van der Waals surface area contributed by atoms with Gasteiger partial charge in [0, 0.05) is 0 Å². The Hall–Kier alpha value is -3.35. The molecule has 34 heavy (non-hydrogen) atoms. The summed E-state index contributed by atoms with van der Waals surface area (Å²) in [4.78, 5) is 19.3. The summed E-state index contributed by atoms with van der Waals surface area (Å²) in [5.74, 6) is 0.346. The van der Waals surface area contributed by atoms with Crippen LogP contribution in [0.2, 0.25) is 0 Å². The van der Waals surface area contributed by atoms with Crippen molar-refractivity contribution in [3.8, 4) is 5.75 Å². The molecular formula is C26H21F3N2O2Se. The van der Waals surface area contributed by atoms with Crippen LogP contribution in [0.15, 0.2) is 83.5 Å². The van der Waals surface area contributed by atoms with E-state index in [1.165, 1.54) is 17.0 Å². The average Bonchev–Trinajstić information content (AvgIpc) is 3.11. The number of rotatable bonds is 6. The fourth-order valence-corrected chi connectivity index (χ4v) is 5.19. The van der Waals surface area contributed by atoms with Gasteiger partial charge in [0.25, 0.3) is 0 Å². The van der Waals surface area contributed by atoms with Crippen molar-refractivity contribution >= 4 is 41.8 Å². The molecule has 0 unspecified atom stereocenters. The quantitative estimate of drug-likeness (QED) is 0.326. The number of hydrogen-bond acceptors (Lipinski definition) is 3. The van der Waals surface area contributed by atoms with Crippen LogP contribution in [0.3, 0.4) is 0 Å². The number of nitrogens with zero attached hydrogens (tertiary/aromatic N) is 2. The number of carbonyl (C=O) groups is 1. The first-order valence-electron chi connectivity index (χ1n) is 10.5. The van der Waals surface area contributed by atoms with Crippen LogP contribution in [0.25, 0.3) is 6.08 Å². The van der Waals surface area contributed by atoms with E-state index in [2.05, 4.69) is 4.99 Å². The zero-order chi connectivity index (χ0) is 24.3. The minimum absolute atomic E-state index is 0.230. The number of carbonyl (C=O) groups excluding carboxylic acids is 1. The van der Waals surface area contributed by atoms with Gasteiger partial charge in [0.05, 0.1) is 0 Å². The van der Waals surface area contributed by atoms with E-state index in [-0.39, 0.29) is 26.6 Å². The number of amides is 1. The standard InChI is InChI=1S/C26H21F3N2O2Se/c1-3-33-21-12-6-18(7-13-21)16-23-24(32)31(20-10-8-19(9-11-20)26(27,28)29)25(30-23)34-22-14-4-17(2)5-15-22/h4-16H,3H2,1-2H3/b23-16-. The zero-order valence-electron chi connectivity index (χ0n) is 18.5. The van der Waals surface area contributed by atoms with E-state index >= 15 is 0 Å². The van der Waals surface area contributed by atoms with E-state index in [1.807, 2.05) is 62.4 Å². The third kappa shape index (κ3) is 5.41. The normalized spacial score (nSPS) is 15.1. The maximum atomic E-state index is 13.3. The number of aliphatic imine (C=N–C) groups is 1. The van der Waals surface area contributed by atoms with Crippen molar-refractivity contribution < 1.29 is 22.7 Å². The van der Waals surface area contributed by atoms with E-state index in [0.29, 0.717) is 17.0 Å². The van der Waals surface area contributed by atoms with E-state index in [4.69, 9.17) is 4.74 Å². The van der Waals surface area contributed by atoms with Crippen LogP contribution < -0.4 is 14.1 Å². The molecule has 0 saturated carbocycles. The summed E-state index contributed by atoms with van der Waals surface area (Å²) >= 11 is -0.333. The second-order valence-corrected chi connectivity index (χ2v) is 9.71. The molecule has 3 aromatic carbocycles.